The number of hydrogen-bond donors (Lipinski definition) is 0. The maximum Gasteiger partial charge on any atom is 0.0702 e. The van der Waals surface area contributed by atoms with E-state index < -0.39 is 0 Å². The molecule has 0 N–H and O–H groups in total. The monoisotopic (exact) mass is 303 g/mol. The van der Waals surface area contributed by atoms with Crippen molar-refractivity contribution in [2.45, 2.75) is 40.5 Å². The number of hydrogen-bond acceptors (Lipinski definition) is 1. The van der Waals surface area contributed by atoms with Crippen molar-refractivity contribution in [1.82, 2.24) is 0 Å². The summed E-state index contributed by atoms with van der Waals surface area (Å²) in [5.74, 6) is 0.532. The summed E-state index contributed by atoms with van der Waals surface area (Å²) in [5.41, 5.74) is 9.20. The molecule has 0 saturated heterocycles. The van der Waals surface area contributed by atoms with Crippen LogP contribution in [0, 0.1) is 12.8 Å². The van der Waals surface area contributed by atoms with Gasteiger partial charge in [-0.25, -0.2) is 0 Å². The summed E-state index contributed by atoms with van der Waals surface area (Å²) in [6.07, 6.45) is 2.10. The SMILES string of the molecule is CC(C)=NC1=C(Cc2ccc(C)cc2)C(C)Cc2ccccc21. The molecule has 1 atom stereocenters. The first-order valence-electron chi connectivity index (χ1n) is 8.43. The summed E-state index contributed by atoms with van der Waals surface area (Å²) in [6, 6.07) is 17.6. The van der Waals surface area contributed by atoms with E-state index in [0.29, 0.717) is 5.92 Å². The Kier molecular flexibility index (Phi) is 4.47. The molecule has 118 valence electrons. The van der Waals surface area contributed by atoms with E-state index in [1.54, 1.807) is 0 Å². The van der Waals surface area contributed by atoms with Gasteiger partial charge in [-0.3, -0.25) is 4.99 Å². The Morgan fingerprint density at radius 2 is 1.74 bits per heavy atom. The van der Waals surface area contributed by atoms with Crippen molar-refractivity contribution >= 4 is 11.4 Å². The summed E-state index contributed by atoms with van der Waals surface area (Å²) in [5, 5.41) is 0. The second kappa shape index (κ2) is 6.54. The first-order chi connectivity index (χ1) is 11.0. The van der Waals surface area contributed by atoms with E-state index >= 15 is 0 Å². The molecule has 1 unspecified atom stereocenters. The zero-order valence-electron chi connectivity index (χ0n) is 14.6. The second-order valence-electron chi connectivity index (χ2n) is 6.86. The van der Waals surface area contributed by atoms with E-state index in [1.807, 2.05) is 0 Å². The molecule has 0 bridgehead atoms. The minimum atomic E-state index is 0.532. The predicted octanol–water partition coefficient (Wildman–Crippen LogP) is 5.62. The Balaban J connectivity index is 2.10. The van der Waals surface area contributed by atoms with Crippen LogP contribution >= 0.6 is 0 Å². The van der Waals surface area contributed by atoms with Gasteiger partial charge in [0.25, 0.3) is 0 Å². The van der Waals surface area contributed by atoms with Crippen LogP contribution in [-0.2, 0) is 12.8 Å². The molecule has 2 aromatic rings. The maximum atomic E-state index is 4.92. The summed E-state index contributed by atoms with van der Waals surface area (Å²) in [7, 11) is 0. The van der Waals surface area contributed by atoms with Crippen LogP contribution < -0.4 is 0 Å². The van der Waals surface area contributed by atoms with Crippen molar-refractivity contribution in [3.8, 4) is 0 Å². The third-order valence-electron chi connectivity index (χ3n) is 4.55. The minimum Gasteiger partial charge on any atom is -0.258 e. The van der Waals surface area contributed by atoms with Gasteiger partial charge in [-0.15, -0.1) is 0 Å². The zero-order chi connectivity index (χ0) is 16.4. The van der Waals surface area contributed by atoms with Crippen LogP contribution in [0.25, 0.3) is 5.70 Å². The molecular formula is C22H25N. The smallest absolute Gasteiger partial charge is 0.0702 e. The number of aliphatic imine (C=N–C) groups is 1. The van der Waals surface area contributed by atoms with Gasteiger partial charge in [0.15, 0.2) is 0 Å². The van der Waals surface area contributed by atoms with Crippen LogP contribution in [0.2, 0.25) is 0 Å². The number of allylic oxidation sites excluding steroid dienone is 1. The lowest BCUT2D eigenvalue weighted by atomic mass is 9.80. The lowest BCUT2D eigenvalue weighted by Gasteiger charge is -2.27. The van der Waals surface area contributed by atoms with Crippen LogP contribution in [0.4, 0.5) is 0 Å². The first-order valence-corrected chi connectivity index (χ1v) is 8.43. The Bertz CT molecular complexity index is 759. The molecule has 0 fully saturated rings. The van der Waals surface area contributed by atoms with Crippen molar-refractivity contribution < 1.29 is 0 Å². The Hall–Kier alpha value is -2.15. The molecule has 0 aliphatic heterocycles. The standard InChI is InChI=1S/C22H25N/c1-15(2)23-22-20-8-6-5-7-19(20)13-17(4)21(22)14-18-11-9-16(3)10-12-18/h5-12,17H,13-14H2,1-4H3. The number of benzene rings is 2. The highest BCUT2D eigenvalue weighted by atomic mass is 14.8. The van der Waals surface area contributed by atoms with Gasteiger partial charge in [0.2, 0.25) is 0 Å². The van der Waals surface area contributed by atoms with E-state index in [1.165, 1.54) is 33.5 Å². The van der Waals surface area contributed by atoms with Crippen LogP contribution in [0.15, 0.2) is 59.1 Å². The number of rotatable bonds is 3. The fourth-order valence-electron chi connectivity index (χ4n) is 3.33. The van der Waals surface area contributed by atoms with Crippen molar-refractivity contribution in [2.24, 2.45) is 10.9 Å². The Morgan fingerprint density at radius 3 is 2.43 bits per heavy atom. The van der Waals surface area contributed by atoms with E-state index in [9.17, 15) is 0 Å². The molecule has 1 nitrogen and oxygen atoms in total. The second-order valence-corrected chi connectivity index (χ2v) is 6.86. The number of fused-ring (bicyclic) bond motifs is 1. The van der Waals surface area contributed by atoms with Gasteiger partial charge in [-0.05, 0) is 56.2 Å². The van der Waals surface area contributed by atoms with E-state index in [0.717, 1.165) is 18.6 Å². The molecule has 0 aromatic heterocycles. The van der Waals surface area contributed by atoms with E-state index in [-0.39, 0.29) is 0 Å². The van der Waals surface area contributed by atoms with Gasteiger partial charge in [-0.1, -0.05) is 61.0 Å². The van der Waals surface area contributed by atoms with Crippen molar-refractivity contribution in [2.75, 3.05) is 0 Å². The predicted molar refractivity (Wildman–Crippen MR) is 99.9 cm³/mol. The molecule has 0 saturated carbocycles. The molecule has 2 aromatic carbocycles. The van der Waals surface area contributed by atoms with Gasteiger partial charge in [0.1, 0.15) is 0 Å². The summed E-state index contributed by atoms with van der Waals surface area (Å²) in [6.45, 7) is 8.63. The third kappa shape index (κ3) is 3.44. The van der Waals surface area contributed by atoms with E-state index in [4.69, 9.17) is 4.99 Å². The largest absolute Gasteiger partial charge is 0.258 e. The quantitative estimate of drug-likeness (QED) is 0.652. The van der Waals surface area contributed by atoms with Crippen LogP contribution in [0.3, 0.4) is 0 Å². The number of aryl methyl sites for hydroxylation is 1. The van der Waals surface area contributed by atoms with Gasteiger partial charge < -0.3 is 0 Å². The van der Waals surface area contributed by atoms with Gasteiger partial charge in [0.05, 0.1) is 5.70 Å². The summed E-state index contributed by atoms with van der Waals surface area (Å²) >= 11 is 0. The molecule has 1 aliphatic carbocycles. The van der Waals surface area contributed by atoms with Gasteiger partial charge in [-0.2, -0.15) is 0 Å². The normalized spacial score (nSPS) is 17.0. The molecule has 3 rings (SSSR count). The van der Waals surface area contributed by atoms with Gasteiger partial charge in [0, 0.05) is 11.3 Å². The van der Waals surface area contributed by atoms with Gasteiger partial charge >= 0.3 is 0 Å². The number of nitrogens with zero attached hydrogens (tertiary/aromatic N) is 1. The lowest BCUT2D eigenvalue weighted by Crippen LogP contribution is -2.15. The molecule has 23 heavy (non-hydrogen) atoms. The fraction of sp³-hybridized carbons (Fsp3) is 0.318. The third-order valence-corrected chi connectivity index (χ3v) is 4.55. The summed E-state index contributed by atoms with van der Waals surface area (Å²) in [4.78, 5) is 4.92. The first kappa shape index (κ1) is 15.7. The van der Waals surface area contributed by atoms with Crippen LogP contribution in [-0.4, -0.2) is 5.71 Å². The molecule has 0 heterocycles. The molecule has 0 spiro atoms. The molecule has 1 heteroatoms. The van der Waals surface area contributed by atoms with Crippen molar-refractivity contribution in [3.05, 3.63) is 76.4 Å². The lowest BCUT2D eigenvalue weighted by molar-refractivity contribution is 0.647. The maximum absolute atomic E-state index is 4.92. The highest BCUT2D eigenvalue weighted by Gasteiger charge is 2.24. The Morgan fingerprint density at radius 1 is 1.04 bits per heavy atom. The molecule has 0 amide bonds. The molecule has 0 radical (unpaired) electrons. The minimum absolute atomic E-state index is 0.532. The van der Waals surface area contributed by atoms with Crippen molar-refractivity contribution in [3.63, 3.8) is 0 Å². The summed E-state index contributed by atoms with van der Waals surface area (Å²) < 4.78 is 0. The highest BCUT2D eigenvalue weighted by Crippen LogP contribution is 2.37. The van der Waals surface area contributed by atoms with E-state index in [2.05, 4.69) is 76.2 Å². The average molecular weight is 303 g/mol. The Labute approximate surface area is 139 Å². The molecular weight excluding hydrogens is 278 g/mol. The zero-order valence-corrected chi connectivity index (χ0v) is 14.6. The van der Waals surface area contributed by atoms with Crippen LogP contribution in [0.1, 0.15) is 43.0 Å². The highest BCUT2D eigenvalue weighted by molar-refractivity contribution is 5.88. The topological polar surface area (TPSA) is 12.4 Å². The van der Waals surface area contributed by atoms with Crippen molar-refractivity contribution in [1.29, 1.82) is 0 Å². The average Bonchev–Trinajstić information content (AvgIpc) is 2.52. The molecule has 1 aliphatic rings. The van der Waals surface area contributed by atoms with Crippen LogP contribution in [0.5, 0.6) is 0 Å². The fourth-order valence-corrected chi connectivity index (χ4v) is 3.33.